The number of likely N-dealkylation sites (tertiary alicyclic amines) is 1. The number of esters is 1. The van der Waals surface area contributed by atoms with Gasteiger partial charge in [0.1, 0.15) is 17.9 Å². The lowest BCUT2D eigenvalue weighted by Crippen LogP contribution is -2.52. The van der Waals surface area contributed by atoms with Gasteiger partial charge in [-0.1, -0.05) is 0 Å². The maximum absolute atomic E-state index is 12.6. The average Bonchev–Trinajstić information content (AvgIpc) is 2.91. The summed E-state index contributed by atoms with van der Waals surface area (Å²) in [5, 5.41) is 2.39. The molecule has 0 spiro atoms. The highest BCUT2D eigenvalue weighted by Crippen LogP contribution is 2.18. The molecule has 0 aromatic heterocycles. The number of aldehydes is 1. The van der Waals surface area contributed by atoms with Gasteiger partial charge in [-0.3, -0.25) is 9.59 Å². The first-order chi connectivity index (χ1) is 10.7. The van der Waals surface area contributed by atoms with Gasteiger partial charge in [0.05, 0.1) is 19.6 Å². The molecule has 8 nitrogen and oxygen atoms in total. The highest BCUT2D eigenvalue weighted by atomic mass is 16.6. The maximum atomic E-state index is 12.6. The minimum Gasteiger partial charge on any atom is -0.469 e. The van der Waals surface area contributed by atoms with Crippen molar-refractivity contribution >= 4 is 24.3 Å². The first-order valence-corrected chi connectivity index (χ1v) is 7.50. The van der Waals surface area contributed by atoms with Gasteiger partial charge in [0.25, 0.3) is 0 Å². The van der Waals surface area contributed by atoms with Crippen molar-refractivity contribution in [1.29, 1.82) is 0 Å². The van der Waals surface area contributed by atoms with Crippen LogP contribution in [0.3, 0.4) is 0 Å². The van der Waals surface area contributed by atoms with E-state index in [0.29, 0.717) is 25.7 Å². The van der Waals surface area contributed by atoms with Gasteiger partial charge < -0.3 is 24.5 Å². The van der Waals surface area contributed by atoms with Crippen molar-refractivity contribution in [2.24, 2.45) is 0 Å². The largest absolute Gasteiger partial charge is 0.469 e. The first kappa shape index (κ1) is 18.9. The molecule has 1 saturated heterocycles. The van der Waals surface area contributed by atoms with Gasteiger partial charge in [0.2, 0.25) is 5.91 Å². The molecule has 8 heteroatoms. The molecular weight excluding hydrogens is 304 g/mol. The lowest BCUT2D eigenvalue weighted by Gasteiger charge is -2.27. The van der Waals surface area contributed by atoms with Crippen LogP contribution in [0.25, 0.3) is 0 Å². The van der Waals surface area contributed by atoms with Crippen molar-refractivity contribution < 1.29 is 28.7 Å². The number of amides is 2. The Balaban J connectivity index is 2.82. The predicted octanol–water partition coefficient (Wildman–Crippen LogP) is 0.633. The molecule has 0 aromatic rings. The summed E-state index contributed by atoms with van der Waals surface area (Å²) in [5.74, 6) is -1.13. The monoisotopic (exact) mass is 328 g/mol. The molecule has 0 aromatic carbocycles. The van der Waals surface area contributed by atoms with E-state index in [1.54, 1.807) is 20.8 Å². The molecule has 23 heavy (non-hydrogen) atoms. The van der Waals surface area contributed by atoms with Gasteiger partial charge in [0, 0.05) is 6.54 Å². The third-order valence-electron chi connectivity index (χ3n) is 3.33. The van der Waals surface area contributed by atoms with E-state index in [1.165, 1.54) is 12.0 Å². The Hall–Kier alpha value is -2.12. The number of rotatable bonds is 5. The molecule has 1 fully saturated rings. The topological polar surface area (TPSA) is 102 Å². The third-order valence-corrected chi connectivity index (χ3v) is 3.33. The summed E-state index contributed by atoms with van der Waals surface area (Å²) in [6, 6.07) is -1.65. The first-order valence-electron chi connectivity index (χ1n) is 7.50. The van der Waals surface area contributed by atoms with E-state index in [1.807, 2.05) is 0 Å². The number of nitrogens with zero attached hydrogens (tertiary/aromatic N) is 1. The quantitative estimate of drug-likeness (QED) is 0.587. The fourth-order valence-corrected chi connectivity index (χ4v) is 2.31. The molecule has 0 bridgehead atoms. The van der Waals surface area contributed by atoms with Gasteiger partial charge in [0.15, 0.2) is 0 Å². The van der Waals surface area contributed by atoms with Crippen molar-refractivity contribution in [2.45, 2.75) is 57.7 Å². The van der Waals surface area contributed by atoms with Crippen LogP contribution in [0, 0.1) is 0 Å². The Bertz CT molecular complexity index is 471. The molecule has 1 rings (SSSR count). The normalized spacial score (nSPS) is 19.0. The molecule has 1 aliphatic rings. The Kier molecular flexibility index (Phi) is 6.53. The van der Waals surface area contributed by atoms with Gasteiger partial charge in [-0.25, -0.2) is 4.79 Å². The molecule has 1 aliphatic heterocycles. The highest BCUT2D eigenvalue weighted by molar-refractivity contribution is 5.91. The summed E-state index contributed by atoms with van der Waals surface area (Å²) in [7, 11) is 1.20. The van der Waals surface area contributed by atoms with Crippen molar-refractivity contribution in [2.75, 3.05) is 13.7 Å². The van der Waals surface area contributed by atoms with Crippen LogP contribution in [0.5, 0.6) is 0 Å². The summed E-state index contributed by atoms with van der Waals surface area (Å²) >= 11 is 0. The van der Waals surface area contributed by atoms with Crippen molar-refractivity contribution in [1.82, 2.24) is 10.2 Å². The molecule has 130 valence electrons. The zero-order valence-corrected chi connectivity index (χ0v) is 14.0. The van der Waals surface area contributed by atoms with Crippen molar-refractivity contribution in [3.8, 4) is 0 Å². The lowest BCUT2D eigenvalue weighted by molar-refractivity contribution is -0.145. The molecule has 2 amide bonds. The van der Waals surface area contributed by atoms with Crippen LogP contribution < -0.4 is 5.32 Å². The van der Waals surface area contributed by atoms with Crippen molar-refractivity contribution in [3.63, 3.8) is 0 Å². The number of nitrogens with one attached hydrogen (secondary N) is 1. The number of carbonyl (C=O) groups is 4. The van der Waals surface area contributed by atoms with Crippen LogP contribution in [0.1, 0.15) is 40.0 Å². The summed E-state index contributed by atoms with van der Waals surface area (Å²) in [6.07, 6.45) is 0.852. The molecule has 0 aliphatic carbocycles. The number of ether oxygens (including phenoxy) is 2. The van der Waals surface area contributed by atoms with E-state index in [2.05, 4.69) is 10.1 Å². The van der Waals surface area contributed by atoms with Crippen LogP contribution in [0.2, 0.25) is 0 Å². The molecule has 0 saturated carbocycles. The van der Waals surface area contributed by atoms with E-state index in [-0.39, 0.29) is 6.42 Å². The van der Waals surface area contributed by atoms with Gasteiger partial charge in [-0.15, -0.1) is 0 Å². The van der Waals surface area contributed by atoms with Crippen LogP contribution in [0.4, 0.5) is 4.79 Å². The number of carbonyl (C=O) groups excluding carboxylic acids is 4. The zero-order valence-electron chi connectivity index (χ0n) is 14.0. The van der Waals surface area contributed by atoms with E-state index in [4.69, 9.17) is 4.74 Å². The van der Waals surface area contributed by atoms with Crippen LogP contribution >= 0.6 is 0 Å². The van der Waals surface area contributed by atoms with Gasteiger partial charge >= 0.3 is 12.1 Å². The third kappa shape index (κ3) is 5.88. The Labute approximate surface area is 135 Å². The van der Waals surface area contributed by atoms with Crippen molar-refractivity contribution in [3.05, 3.63) is 0 Å². The Morgan fingerprint density at radius 1 is 1.35 bits per heavy atom. The summed E-state index contributed by atoms with van der Waals surface area (Å²) in [4.78, 5) is 48.4. The second-order valence-electron chi connectivity index (χ2n) is 6.36. The highest BCUT2D eigenvalue weighted by Gasteiger charge is 2.35. The van der Waals surface area contributed by atoms with Crippen LogP contribution in [-0.2, 0) is 23.9 Å². The van der Waals surface area contributed by atoms with Crippen LogP contribution in [-0.4, -0.2) is 60.5 Å². The minimum atomic E-state index is -1.13. The maximum Gasteiger partial charge on any atom is 0.408 e. The summed E-state index contributed by atoms with van der Waals surface area (Å²) < 4.78 is 9.66. The molecule has 2 atom stereocenters. The van der Waals surface area contributed by atoms with Crippen LogP contribution in [0.15, 0.2) is 0 Å². The fourth-order valence-electron chi connectivity index (χ4n) is 2.31. The SMILES string of the molecule is COC(=O)C[C@H](NC(=O)OC(C)(C)C)C(=O)N1CCC[C@H]1C=O. The molecule has 0 unspecified atom stereocenters. The molecule has 1 heterocycles. The average molecular weight is 328 g/mol. The van der Waals surface area contributed by atoms with Gasteiger partial charge in [-0.2, -0.15) is 0 Å². The fraction of sp³-hybridized carbons (Fsp3) is 0.733. The molecule has 0 radical (unpaired) electrons. The Morgan fingerprint density at radius 2 is 2.00 bits per heavy atom. The number of hydrogen-bond donors (Lipinski definition) is 1. The molecular formula is C15H24N2O6. The lowest BCUT2D eigenvalue weighted by atomic mass is 10.1. The second-order valence-corrected chi connectivity index (χ2v) is 6.36. The minimum absolute atomic E-state index is 0.323. The van der Waals surface area contributed by atoms with E-state index >= 15 is 0 Å². The number of hydrogen-bond acceptors (Lipinski definition) is 6. The summed E-state index contributed by atoms with van der Waals surface area (Å²) in [5.41, 5.74) is -0.734. The van der Waals surface area contributed by atoms with E-state index in [0.717, 1.165) is 0 Å². The predicted molar refractivity (Wildman–Crippen MR) is 80.6 cm³/mol. The number of methoxy groups -OCH3 is 1. The smallest absolute Gasteiger partial charge is 0.408 e. The molecule has 1 N–H and O–H groups in total. The van der Waals surface area contributed by atoms with E-state index in [9.17, 15) is 19.2 Å². The van der Waals surface area contributed by atoms with E-state index < -0.39 is 35.7 Å². The van der Waals surface area contributed by atoms with Gasteiger partial charge in [-0.05, 0) is 33.6 Å². The Morgan fingerprint density at radius 3 is 2.52 bits per heavy atom. The number of alkyl carbamates (subject to hydrolysis) is 1. The standard InChI is InChI=1S/C15H24N2O6/c1-15(2,3)23-14(21)16-11(8-12(19)22-4)13(20)17-7-5-6-10(17)9-18/h9-11H,5-8H2,1-4H3,(H,16,21)/t10-,11-/m0/s1. The second kappa shape index (κ2) is 7.94. The zero-order chi connectivity index (χ0) is 17.6. The summed E-state index contributed by atoms with van der Waals surface area (Å²) in [6.45, 7) is 5.47.